The second kappa shape index (κ2) is 11.7. The van der Waals surface area contributed by atoms with E-state index in [4.69, 9.17) is 18.9 Å². The fourth-order valence-electron chi connectivity index (χ4n) is 3.75. The Balaban J connectivity index is 1.48. The van der Waals surface area contributed by atoms with E-state index in [1.807, 2.05) is 18.2 Å². The van der Waals surface area contributed by atoms with E-state index in [0.717, 1.165) is 22.9 Å². The summed E-state index contributed by atoms with van der Waals surface area (Å²) >= 11 is 1.01. The lowest BCUT2D eigenvalue weighted by atomic mass is 10.0. The highest BCUT2D eigenvalue weighted by Gasteiger charge is 2.31. The fraction of sp³-hybridized carbons (Fsp3) is 0.179. The summed E-state index contributed by atoms with van der Waals surface area (Å²) < 4.78 is 21.6. The summed E-state index contributed by atoms with van der Waals surface area (Å²) in [4.78, 5) is 35.7. The molecule has 4 rings (SSSR count). The van der Waals surface area contributed by atoms with Gasteiger partial charge in [-0.2, -0.15) is 0 Å². The molecule has 1 atom stereocenters. The van der Waals surface area contributed by atoms with Crippen LogP contribution in [-0.4, -0.2) is 43.7 Å². The van der Waals surface area contributed by atoms with Crippen LogP contribution in [0.15, 0.2) is 66.7 Å². The summed E-state index contributed by atoms with van der Waals surface area (Å²) in [6.45, 7) is 0. The summed E-state index contributed by atoms with van der Waals surface area (Å²) in [6, 6.07) is 19.8. The van der Waals surface area contributed by atoms with Crippen molar-refractivity contribution in [3.05, 3.63) is 83.4 Å². The van der Waals surface area contributed by atoms with Gasteiger partial charge in [-0.25, -0.2) is 4.79 Å². The number of carbonyl (C=O) groups excluding carboxylic acids is 3. The SMILES string of the molecule is COC(=O)/C(=C/c1ccc(OC)c(OC)c1)c1ccc(Oc2ccc(CC3SC(=O)NC3=O)cc2)cc1. The molecule has 0 bridgehead atoms. The van der Waals surface area contributed by atoms with Gasteiger partial charge < -0.3 is 18.9 Å². The molecule has 9 heteroatoms. The van der Waals surface area contributed by atoms with Crippen molar-refractivity contribution in [3.63, 3.8) is 0 Å². The van der Waals surface area contributed by atoms with Gasteiger partial charge in [-0.15, -0.1) is 0 Å². The molecule has 0 aliphatic carbocycles. The molecule has 1 aliphatic heterocycles. The number of methoxy groups -OCH3 is 3. The van der Waals surface area contributed by atoms with Crippen LogP contribution >= 0.6 is 11.8 Å². The number of benzene rings is 3. The van der Waals surface area contributed by atoms with Gasteiger partial charge in [0.05, 0.1) is 32.2 Å². The predicted molar refractivity (Wildman–Crippen MR) is 141 cm³/mol. The first-order chi connectivity index (χ1) is 17.9. The Morgan fingerprint density at radius 1 is 0.892 bits per heavy atom. The number of hydrogen-bond donors (Lipinski definition) is 1. The molecule has 1 aliphatic rings. The molecule has 1 fully saturated rings. The van der Waals surface area contributed by atoms with E-state index < -0.39 is 11.2 Å². The molecule has 3 aromatic rings. The van der Waals surface area contributed by atoms with Gasteiger partial charge in [0.1, 0.15) is 11.5 Å². The number of amides is 2. The Morgan fingerprint density at radius 3 is 2.11 bits per heavy atom. The maximum absolute atomic E-state index is 12.5. The minimum absolute atomic E-state index is 0.262. The summed E-state index contributed by atoms with van der Waals surface area (Å²) in [5.41, 5.74) is 2.70. The molecular weight excluding hydrogens is 494 g/mol. The Bertz CT molecular complexity index is 1330. The number of hydrogen-bond acceptors (Lipinski definition) is 8. The average Bonchev–Trinajstić information content (AvgIpc) is 3.24. The number of thioether (sulfide) groups is 1. The molecule has 0 spiro atoms. The molecule has 1 saturated heterocycles. The molecule has 1 N–H and O–H groups in total. The van der Waals surface area contributed by atoms with E-state index in [-0.39, 0.29) is 11.1 Å². The predicted octanol–water partition coefficient (Wildman–Crippen LogP) is 5.10. The van der Waals surface area contributed by atoms with Gasteiger partial charge in [0, 0.05) is 0 Å². The van der Waals surface area contributed by atoms with Crippen molar-refractivity contribution in [1.29, 1.82) is 0 Å². The molecule has 2 amide bonds. The number of ether oxygens (including phenoxy) is 4. The van der Waals surface area contributed by atoms with Crippen molar-refractivity contribution in [2.45, 2.75) is 11.7 Å². The van der Waals surface area contributed by atoms with Crippen LogP contribution in [0.4, 0.5) is 4.79 Å². The third-order valence-electron chi connectivity index (χ3n) is 5.64. The molecule has 1 unspecified atom stereocenters. The van der Waals surface area contributed by atoms with Crippen LogP contribution in [-0.2, 0) is 20.7 Å². The van der Waals surface area contributed by atoms with Gasteiger partial charge >= 0.3 is 5.97 Å². The fourth-order valence-corrected chi connectivity index (χ4v) is 4.61. The molecule has 1 heterocycles. The molecule has 3 aromatic carbocycles. The van der Waals surface area contributed by atoms with Crippen LogP contribution < -0.4 is 19.5 Å². The first-order valence-electron chi connectivity index (χ1n) is 11.3. The van der Waals surface area contributed by atoms with E-state index in [0.29, 0.717) is 40.6 Å². The van der Waals surface area contributed by atoms with Crippen molar-refractivity contribution in [2.24, 2.45) is 0 Å². The van der Waals surface area contributed by atoms with Crippen molar-refractivity contribution in [3.8, 4) is 23.0 Å². The number of rotatable bonds is 9. The van der Waals surface area contributed by atoms with Gasteiger partial charge in [-0.3, -0.25) is 14.9 Å². The van der Waals surface area contributed by atoms with Crippen LogP contribution in [0.5, 0.6) is 23.0 Å². The maximum Gasteiger partial charge on any atom is 0.338 e. The van der Waals surface area contributed by atoms with Crippen molar-refractivity contribution in [2.75, 3.05) is 21.3 Å². The van der Waals surface area contributed by atoms with Gasteiger partial charge in [-0.1, -0.05) is 42.1 Å². The third kappa shape index (κ3) is 6.31. The summed E-state index contributed by atoms with van der Waals surface area (Å²) in [5, 5.41) is 1.57. The number of nitrogens with one attached hydrogen (secondary N) is 1. The number of esters is 1. The zero-order chi connectivity index (χ0) is 26.4. The van der Waals surface area contributed by atoms with Crippen LogP contribution in [0.2, 0.25) is 0 Å². The highest BCUT2D eigenvalue weighted by molar-refractivity contribution is 8.15. The van der Waals surface area contributed by atoms with Crippen LogP contribution in [0.25, 0.3) is 11.6 Å². The van der Waals surface area contributed by atoms with Gasteiger partial charge in [0.15, 0.2) is 11.5 Å². The van der Waals surface area contributed by atoms with E-state index in [2.05, 4.69) is 5.32 Å². The first-order valence-corrected chi connectivity index (χ1v) is 12.2. The lowest BCUT2D eigenvalue weighted by Crippen LogP contribution is -2.25. The second-order valence-corrected chi connectivity index (χ2v) is 9.20. The highest BCUT2D eigenvalue weighted by Crippen LogP contribution is 2.31. The largest absolute Gasteiger partial charge is 0.493 e. The molecule has 37 heavy (non-hydrogen) atoms. The van der Waals surface area contributed by atoms with Gasteiger partial charge in [-0.05, 0) is 65.6 Å². The maximum atomic E-state index is 12.5. The van der Waals surface area contributed by atoms with Gasteiger partial charge in [0.2, 0.25) is 5.91 Å². The summed E-state index contributed by atoms with van der Waals surface area (Å²) in [5.74, 6) is 1.60. The Hall–Kier alpha value is -4.24. The van der Waals surface area contributed by atoms with E-state index in [1.165, 1.54) is 7.11 Å². The monoisotopic (exact) mass is 519 g/mol. The molecule has 0 saturated carbocycles. The minimum atomic E-state index is -0.477. The molecule has 190 valence electrons. The van der Waals surface area contributed by atoms with Crippen molar-refractivity contribution < 1.29 is 33.3 Å². The smallest absolute Gasteiger partial charge is 0.338 e. The number of imide groups is 1. The third-order valence-corrected chi connectivity index (χ3v) is 6.62. The molecule has 8 nitrogen and oxygen atoms in total. The first kappa shape index (κ1) is 25.8. The summed E-state index contributed by atoms with van der Waals surface area (Å²) in [7, 11) is 4.44. The zero-order valence-corrected chi connectivity index (χ0v) is 21.3. The lowest BCUT2D eigenvalue weighted by Gasteiger charge is -2.11. The Labute approximate surface area is 218 Å². The lowest BCUT2D eigenvalue weighted by molar-refractivity contribution is -0.133. The normalized spacial score (nSPS) is 15.2. The molecule has 0 radical (unpaired) electrons. The van der Waals surface area contributed by atoms with Crippen LogP contribution in [0.3, 0.4) is 0 Å². The highest BCUT2D eigenvalue weighted by atomic mass is 32.2. The van der Waals surface area contributed by atoms with Crippen LogP contribution in [0, 0.1) is 0 Å². The van der Waals surface area contributed by atoms with Crippen molar-refractivity contribution in [1.82, 2.24) is 5.32 Å². The van der Waals surface area contributed by atoms with E-state index in [1.54, 1.807) is 68.8 Å². The Kier molecular flexibility index (Phi) is 8.15. The molecular formula is C28H25NO7S. The van der Waals surface area contributed by atoms with Crippen molar-refractivity contribution >= 4 is 40.5 Å². The zero-order valence-electron chi connectivity index (χ0n) is 20.5. The standard InChI is InChI=1S/C28H25NO7S/c1-33-23-13-6-18(15-24(23)34-2)14-22(27(31)35-3)19-7-11-21(12-8-19)36-20-9-4-17(5-10-20)16-25-26(30)29-28(32)37-25/h4-15,25H,16H2,1-3H3,(H,29,30,32)/b22-14+. The topological polar surface area (TPSA) is 100 Å². The molecule has 0 aromatic heterocycles. The van der Waals surface area contributed by atoms with Gasteiger partial charge in [0.25, 0.3) is 5.24 Å². The summed E-state index contributed by atoms with van der Waals surface area (Å²) in [6.07, 6.45) is 2.18. The quantitative estimate of drug-likeness (QED) is 0.237. The van der Waals surface area contributed by atoms with E-state index >= 15 is 0 Å². The second-order valence-electron chi connectivity index (χ2n) is 8.02. The average molecular weight is 520 g/mol. The van der Waals surface area contributed by atoms with E-state index in [9.17, 15) is 14.4 Å². The van der Waals surface area contributed by atoms with Crippen LogP contribution in [0.1, 0.15) is 16.7 Å². The number of carbonyl (C=O) groups is 3. The Morgan fingerprint density at radius 2 is 1.54 bits per heavy atom. The minimum Gasteiger partial charge on any atom is -0.493 e.